The van der Waals surface area contributed by atoms with Gasteiger partial charge in [0.1, 0.15) is 0 Å². The van der Waals surface area contributed by atoms with E-state index < -0.39 is 0 Å². The van der Waals surface area contributed by atoms with Crippen molar-refractivity contribution in [2.75, 3.05) is 0 Å². The zero-order valence-electron chi connectivity index (χ0n) is 12.6. The van der Waals surface area contributed by atoms with Crippen LogP contribution in [-0.2, 0) is 0 Å². The van der Waals surface area contributed by atoms with E-state index in [4.69, 9.17) is 11.6 Å². The third-order valence-electron chi connectivity index (χ3n) is 4.17. The minimum atomic E-state index is -0.122. The Kier molecular flexibility index (Phi) is 4.61. The van der Waals surface area contributed by atoms with Crippen LogP contribution in [0.25, 0.3) is 0 Å². The average Bonchev–Trinajstić information content (AvgIpc) is 2.40. The Morgan fingerprint density at radius 3 is 2.00 bits per heavy atom. The summed E-state index contributed by atoms with van der Waals surface area (Å²) in [6, 6.07) is 8.50. The highest BCUT2D eigenvalue weighted by Gasteiger charge is 2.20. The van der Waals surface area contributed by atoms with E-state index in [9.17, 15) is 0 Å². The summed E-state index contributed by atoms with van der Waals surface area (Å²) in [6.07, 6.45) is 0. The molecule has 0 fully saturated rings. The van der Waals surface area contributed by atoms with Crippen LogP contribution in [0.1, 0.15) is 44.3 Å². The van der Waals surface area contributed by atoms with Gasteiger partial charge in [-0.3, -0.25) is 0 Å². The minimum absolute atomic E-state index is 0.122. The predicted molar refractivity (Wildman–Crippen MR) is 92.0 cm³/mol. The first-order valence-electron chi connectivity index (χ1n) is 6.81. The molecule has 1 atom stereocenters. The first kappa shape index (κ1) is 15.6. The van der Waals surface area contributed by atoms with Crippen LogP contribution in [0.5, 0.6) is 0 Å². The number of aryl methyl sites for hydroxylation is 3. The molecule has 0 bridgehead atoms. The van der Waals surface area contributed by atoms with Crippen molar-refractivity contribution in [3.63, 3.8) is 0 Å². The van der Waals surface area contributed by atoms with Gasteiger partial charge in [-0.1, -0.05) is 40.2 Å². The van der Waals surface area contributed by atoms with E-state index in [0.717, 1.165) is 10.0 Å². The van der Waals surface area contributed by atoms with Gasteiger partial charge in [0.2, 0.25) is 0 Å². The summed E-state index contributed by atoms with van der Waals surface area (Å²) >= 11 is 10.5. The lowest BCUT2D eigenvalue weighted by molar-refractivity contribution is 1.04. The maximum Gasteiger partial charge on any atom is 0.0851 e. The van der Waals surface area contributed by atoms with Crippen molar-refractivity contribution in [2.24, 2.45) is 0 Å². The van der Waals surface area contributed by atoms with E-state index in [-0.39, 0.29) is 5.38 Å². The maximum atomic E-state index is 6.83. The summed E-state index contributed by atoms with van der Waals surface area (Å²) in [5.41, 5.74) is 8.80. The number of halogens is 2. The Bertz CT molecular complexity index is 633. The zero-order valence-corrected chi connectivity index (χ0v) is 15.0. The highest BCUT2D eigenvalue weighted by Crippen LogP contribution is 2.39. The summed E-state index contributed by atoms with van der Waals surface area (Å²) in [6.45, 7) is 10.7. The molecule has 2 aromatic carbocycles. The number of rotatable bonds is 2. The van der Waals surface area contributed by atoms with Gasteiger partial charge >= 0.3 is 0 Å². The zero-order chi connectivity index (χ0) is 15.0. The fourth-order valence-corrected chi connectivity index (χ4v) is 3.78. The Morgan fingerprint density at radius 1 is 0.900 bits per heavy atom. The van der Waals surface area contributed by atoms with Gasteiger partial charge in [0.05, 0.1) is 5.38 Å². The van der Waals surface area contributed by atoms with Crippen molar-refractivity contribution in [3.8, 4) is 0 Å². The molecule has 0 aromatic heterocycles. The van der Waals surface area contributed by atoms with E-state index in [1.807, 2.05) is 0 Å². The molecule has 0 aliphatic rings. The number of benzene rings is 2. The largest absolute Gasteiger partial charge is 0.113 e. The third kappa shape index (κ3) is 2.66. The molecule has 2 heteroatoms. The molecule has 0 radical (unpaired) electrons. The van der Waals surface area contributed by atoms with Gasteiger partial charge in [-0.05, 0) is 73.6 Å². The topological polar surface area (TPSA) is 0 Å². The molecule has 0 aliphatic carbocycles. The summed E-state index contributed by atoms with van der Waals surface area (Å²) in [4.78, 5) is 0. The van der Waals surface area contributed by atoms with E-state index in [0.29, 0.717) is 0 Å². The third-order valence-corrected chi connectivity index (χ3v) is 5.71. The normalized spacial score (nSPS) is 12.6. The van der Waals surface area contributed by atoms with Gasteiger partial charge in [-0.25, -0.2) is 0 Å². The Labute approximate surface area is 135 Å². The molecule has 0 saturated heterocycles. The van der Waals surface area contributed by atoms with Gasteiger partial charge in [-0.2, -0.15) is 0 Å². The second-order valence-corrected chi connectivity index (χ2v) is 6.74. The molecule has 106 valence electrons. The van der Waals surface area contributed by atoms with Crippen LogP contribution in [0, 0.1) is 34.6 Å². The maximum absolute atomic E-state index is 6.83. The number of alkyl halides is 1. The first-order valence-corrected chi connectivity index (χ1v) is 8.04. The molecular formula is C18H20BrCl. The average molecular weight is 352 g/mol. The molecule has 20 heavy (non-hydrogen) atoms. The Morgan fingerprint density at radius 2 is 1.45 bits per heavy atom. The monoisotopic (exact) mass is 350 g/mol. The molecular weight excluding hydrogens is 332 g/mol. The number of hydrogen-bond acceptors (Lipinski definition) is 0. The second kappa shape index (κ2) is 5.91. The van der Waals surface area contributed by atoms with Crippen molar-refractivity contribution in [2.45, 2.75) is 40.0 Å². The van der Waals surface area contributed by atoms with Crippen LogP contribution in [0.2, 0.25) is 0 Å². The van der Waals surface area contributed by atoms with Gasteiger partial charge in [-0.15, -0.1) is 11.6 Å². The molecule has 0 heterocycles. The molecule has 0 aliphatic heterocycles. The molecule has 0 spiro atoms. The number of hydrogen-bond donors (Lipinski definition) is 0. The SMILES string of the molecule is Cc1cc(C)c(C)c(C(Cl)c2cccc(C)c2Br)c1C. The second-order valence-electron chi connectivity index (χ2n) is 5.51. The first-order chi connectivity index (χ1) is 9.34. The quantitative estimate of drug-likeness (QED) is 0.555. The summed E-state index contributed by atoms with van der Waals surface area (Å²) in [5, 5.41) is -0.122. The summed E-state index contributed by atoms with van der Waals surface area (Å²) < 4.78 is 1.11. The van der Waals surface area contributed by atoms with Crippen LogP contribution >= 0.6 is 27.5 Å². The van der Waals surface area contributed by atoms with E-state index in [2.05, 4.69) is 74.8 Å². The summed E-state index contributed by atoms with van der Waals surface area (Å²) in [5.74, 6) is 0. The van der Waals surface area contributed by atoms with Crippen LogP contribution in [-0.4, -0.2) is 0 Å². The predicted octanol–water partition coefficient (Wildman–Crippen LogP) is 6.32. The summed E-state index contributed by atoms with van der Waals surface area (Å²) in [7, 11) is 0. The highest BCUT2D eigenvalue weighted by molar-refractivity contribution is 9.10. The van der Waals surface area contributed by atoms with Crippen LogP contribution in [0.4, 0.5) is 0 Å². The fourth-order valence-electron chi connectivity index (χ4n) is 2.65. The molecule has 0 N–H and O–H groups in total. The minimum Gasteiger partial charge on any atom is -0.113 e. The van der Waals surface area contributed by atoms with Crippen molar-refractivity contribution in [1.82, 2.24) is 0 Å². The Hall–Kier alpha value is -0.790. The lowest BCUT2D eigenvalue weighted by Gasteiger charge is -2.21. The smallest absolute Gasteiger partial charge is 0.0851 e. The van der Waals surface area contributed by atoms with E-state index >= 15 is 0 Å². The van der Waals surface area contributed by atoms with Gasteiger partial charge in [0, 0.05) is 4.47 Å². The van der Waals surface area contributed by atoms with E-state index in [1.54, 1.807) is 0 Å². The molecule has 0 nitrogen and oxygen atoms in total. The van der Waals surface area contributed by atoms with E-state index in [1.165, 1.54) is 33.4 Å². The van der Waals surface area contributed by atoms with Gasteiger partial charge < -0.3 is 0 Å². The highest BCUT2D eigenvalue weighted by atomic mass is 79.9. The molecule has 2 aromatic rings. The lowest BCUT2D eigenvalue weighted by atomic mass is 9.89. The van der Waals surface area contributed by atoms with Crippen LogP contribution in [0.15, 0.2) is 28.7 Å². The standard InChI is InChI=1S/C18H20BrCl/c1-10-7-6-8-15(17(10)19)18(20)16-13(4)11(2)9-12(3)14(16)5/h6-9,18H,1-5H3. The molecule has 1 unspecified atom stereocenters. The van der Waals surface area contributed by atoms with Crippen molar-refractivity contribution < 1.29 is 0 Å². The van der Waals surface area contributed by atoms with Crippen LogP contribution in [0.3, 0.4) is 0 Å². The van der Waals surface area contributed by atoms with Crippen molar-refractivity contribution >= 4 is 27.5 Å². The molecule has 0 amide bonds. The van der Waals surface area contributed by atoms with Gasteiger partial charge in [0.25, 0.3) is 0 Å². The lowest BCUT2D eigenvalue weighted by Crippen LogP contribution is -2.04. The van der Waals surface area contributed by atoms with Gasteiger partial charge in [0.15, 0.2) is 0 Å². The van der Waals surface area contributed by atoms with Crippen molar-refractivity contribution in [3.05, 3.63) is 67.7 Å². The molecule has 0 saturated carbocycles. The van der Waals surface area contributed by atoms with Crippen LogP contribution < -0.4 is 0 Å². The Balaban J connectivity index is 2.65. The van der Waals surface area contributed by atoms with Crippen molar-refractivity contribution in [1.29, 1.82) is 0 Å². The molecule has 2 rings (SSSR count). The fraction of sp³-hybridized carbons (Fsp3) is 0.333.